The number of rotatable bonds is 8. The standard InChI is InChI=1S/C20H28N2O5Si/c1-14-9-16(11-18(20(24)25-3)27-15(2)23)10-17-12-22(21-19(14)17)13-26-7-8-28(4,5)6/h9-12H,7-8,13H2,1-6H3. The molecule has 2 aromatic rings. The van der Waals surface area contributed by atoms with Gasteiger partial charge in [-0.2, -0.15) is 5.10 Å². The molecule has 0 atom stereocenters. The Hall–Kier alpha value is -2.45. The minimum Gasteiger partial charge on any atom is -0.463 e. The first-order valence-electron chi connectivity index (χ1n) is 9.13. The number of benzene rings is 1. The molecule has 0 aliphatic heterocycles. The minimum atomic E-state index is -1.12. The van der Waals surface area contributed by atoms with Crippen molar-refractivity contribution in [2.75, 3.05) is 13.7 Å². The smallest absolute Gasteiger partial charge is 0.374 e. The summed E-state index contributed by atoms with van der Waals surface area (Å²) < 4.78 is 17.2. The third-order valence-electron chi connectivity index (χ3n) is 4.03. The summed E-state index contributed by atoms with van der Waals surface area (Å²) >= 11 is 0. The largest absolute Gasteiger partial charge is 0.463 e. The number of fused-ring (bicyclic) bond motifs is 1. The van der Waals surface area contributed by atoms with Crippen molar-refractivity contribution in [3.8, 4) is 0 Å². The first-order chi connectivity index (χ1) is 13.1. The average molecular weight is 405 g/mol. The molecule has 0 saturated carbocycles. The zero-order chi connectivity index (χ0) is 20.9. The SMILES string of the molecule is COC(=O)C(=Cc1cc(C)c2nn(COCC[Si](C)(C)C)cc2c1)OC(C)=O. The predicted octanol–water partition coefficient (Wildman–Crippen LogP) is 3.73. The number of aromatic nitrogens is 2. The second-order valence-corrected chi connectivity index (χ2v) is 13.5. The van der Waals surface area contributed by atoms with Gasteiger partial charge in [0.1, 0.15) is 6.73 Å². The highest BCUT2D eigenvalue weighted by molar-refractivity contribution is 6.76. The fourth-order valence-electron chi connectivity index (χ4n) is 2.61. The Morgan fingerprint density at radius 2 is 1.96 bits per heavy atom. The lowest BCUT2D eigenvalue weighted by Crippen LogP contribution is -2.22. The van der Waals surface area contributed by atoms with E-state index in [9.17, 15) is 9.59 Å². The van der Waals surface area contributed by atoms with Gasteiger partial charge in [0.05, 0.1) is 12.6 Å². The van der Waals surface area contributed by atoms with Crippen LogP contribution >= 0.6 is 0 Å². The molecule has 1 heterocycles. The van der Waals surface area contributed by atoms with Gasteiger partial charge in [0.2, 0.25) is 5.76 Å². The highest BCUT2D eigenvalue weighted by Gasteiger charge is 2.15. The molecule has 0 bridgehead atoms. The van der Waals surface area contributed by atoms with Crippen molar-refractivity contribution < 1.29 is 23.8 Å². The van der Waals surface area contributed by atoms with Gasteiger partial charge in [0, 0.05) is 33.2 Å². The summed E-state index contributed by atoms with van der Waals surface area (Å²) in [6.45, 7) is 11.2. The minimum absolute atomic E-state index is 0.157. The van der Waals surface area contributed by atoms with E-state index in [1.54, 1.807) is 4.68 Å². The summed E-state index contributed by atoms with van der Waals surface area (Å²) in [6.07, 6.45) is 3.39. The zero-order valence-corrected chi connectivity index (χ0v) is 18.4. The second-order valence-electron chi connectivity index (χ2n) is 7.89. The molecule has 7 nitrogen and oxygen atoms in total. The van der Waals surface area contributed by atoms with Crippen LogP contribution in [0.2, 0.25) is 25.7 Å². The van der Waals surface area contributed by atoms with E-state index < -0.39 is 20.0 Å². The fraction of sp³-hybridized carbons (Fsp3) is 0.450. The summed E-state index contributed by atoms with van der Waals surface area (Å²) in [5, 5.41) is 5.48. The van der Waals surface area contributed by atoms with Crippen LogP contribution in [0.5, 0.6) is 0 Å². The zero-order valence-electron chi connectivity index (χ0n) is 17.4. The Kier molecular flexibility index (Phi) is 7.15. The highest BCUT2D eigenvalue weighted by atomic mass is 28.3. The third kappa shape index (κ3) is 6.31. The van der Waals surface area contributed by atoms with Gasteiger partial charge in [0.25, 0.3) is 0 Å². The Morgan fingerprint density at radius 1 is 1.25 bits per heavy atom. The number of hydrogen-bond acceptors (Lipinski definition) is 6. The van der Waals surface area contributed by atoms with Gasteiger partial charge in [-0.3, -0.25) is 4.79 Å². The Balaban J connectivity index is 2.22. The van der Waals surface area contributed by atoms with Crippen molar-refractivity contribution in [2.24, 2.45) is 0 Å². The monoisotopic (exact) mass is 404 g/mol. The van der Waals surface area contributed by atoms with Crippen LogP contribution in [-0.2, 0) is 30.5 Å². The van der Waals surface area contributed by atoms with Crippen LogP contribution in [0, 0.1) is 6.92 Å². The molecule has 1 aromatic heterocycles. The van der Waals surface area contributed by atoms with E-state index in [1.165, 1.54) is 20.1 Å². The van der Waals surface area contributed by atoms with Gasteiger partial charge in [-0.05, 0) is 42.3 Å². The fourth-order valence-corrected chi connectivity index (χ4v) is 3.37. The molecule has 2 rings (SSSR count). The number of carbonyl (C=O) groups excluding carboxylic acids is 2. The number of nitrogens with zero attached hydrogens (tertiary/aromatic N) is 2. The number of aryl methyl sites for hydroxylation is 1. The molecule has 0 fully saturated rings. The molecule has 0 radical (unpaired) electrons. The van der Waals surface area contributed by atoms with Gasteiger partial charge in [-0.15, -0.1) is 0 Å². The maximum atomic E-state index is 11.8. The summed E-state index contributed by atoms with van der Waals surface area (Å²) in [6, 6.07) is 4.85. The van der Waals surface area contributed by atoms with Gasteiger partial charge in [0.15, 0.2) is 0 Å². The number of carbonyl (C=O) groups is 2. The van der Waals surface area contributed by atoms with E-state index >= 15 is 0 Å². The summed E-state index contributed by atoms with van der Waals surface area (Å²) in [7, 11) is 0.118. The predicted molar refractivity (Wildman–Crippen MR) is 110 cm³/mol. The van der Waals surface area contributed by atoms with Crippen molar-refractivity contribution in [2.45, 2.75) is 46.3 Å². The molecule has 152 valence electrons. The molecule has 0 aliphatic rings. The lowest BCUT2D eigenvalue weighted by Gasteiger charge is -2.15. The van der Waals surface area contributed by atoms with Crippen LogP contribution in [-0.4, -0.2) is 43.5 Å². The van der Waals surface area contributed by atoms with Crippen molar-refractivity contribution in [3.63, 3.8) is 0 Å². The number of hydrogen-bond donors (Lipinski definition) is 0. The third-order valence-corrected chi connectivity index (χ3v) is 5.73. The maximum absolute atomic E-state index is 11.8. The summed E-state index contributed by atoms with van der Waals surface area (Å²) in [4.78, 5) is 23.1. The van der Waals surface area contributed by atoms with Crippen LogP contribution in [0.15, 0.2) is 24.1 Å². The molecular weight excluding hydrogens is 376 g/mol. The van der Waals surface area contributed by atoms with Crippen molar-refractivity contribution in [1.82, 2.24) is 9.78 Å². The molecule has 0 unspecified atom stereocenters. The van der Waals surface area contributed by atoms with Gasteiger partial charge >= 0.3 is 11.9 Å². The quantitative estimate of drug-likeness (QED) is 0.219. The van der Waals surface area contributed by atoms with Crippen LogP contribution in [0.4, 0.5) is 0 Å². The highest BCUT2D eigenvalue weighted by Crippen LogP contribution is 2.22. The van der Waals surface area contributed by atoms with Crippen LogP contribution in [0.3, 0.4) is 0 Å². The average Bonchev–Trinajstić information content (AvgIpc) is 2.99. The van der Waals surface area contributed by atoms with Gasteiger partial charge in [-0.25, -0.2) is 9.48 Å². The first-order valence-corrected chi connectivity index (χ1v) is 12.8. The van der Waals surface area contributed by atoms with Crippen molar-refractivity contribution in [1.29, 1.82) is 0 Å². The number of methoxy groups -OCH3 is 1. The number of esters is 2. The molecular formula is C20H28N2O5Si. The molecule has 8 heteroatoms. The number of ether oxygens (including phenoxy) is 3. The van der Waals surface area contributed by atoms with E-state index in [2.05, 4.69) is 29.5 Å². The molecule has 0 spiro atoms. The molecule has 0 amide bonds. The van der Waals surface area contributed by atoms with E-state index in [0.717, 1.165) is 29.1 Å². The first kappa shape index (κ1) is 21.8. The van der Waals surface area contributed by atoms with E-state index in [1.807, 2.05) is 25.3 Å². The lowest BCUT2D eigenvalue weighted by molar-refractivity contribution is -0.148. The Labute approximate surface area is 166 Å². The second kappa shape index (κ2) is 9.16. The van der Waals surface area contributed by atoms with Gasteiger partial charge < -0.3 is 14.2 Å². The Bertz CT molecular complexity index is 896. The molecule has 1 aromatic carbocycles. The van der Waals surface area contributed by atoms with Crippen molar-refractivity contribution in [3.05, 3.63) is 35.2 Å². The Morgan fingerprint density at radius 3 is 2.57 bits per heavy atom. The molecule has 0 aliphatic carbocycles. The summed E-state index contributed by atoms with van der Waals surface area (Å²) in [5.41, 5.74) is 2.51. The summed E-state index contributed by atoms with van der Waals surface area (Å²) in [5.74, 6) is -1.45. The normalized spacial score (nSPS) is 12.3. The topological polar surface area (TPSA) is 79.7 Å². The molecule has 0 N–H and O–H groups in total. The van der Waals surface area contributed by atoms with Crippen molar-refractivity contribution >= 4 is 37.0 Å². The van der Waals surface area contributed by atoms with Crippen LogP contribution < -0.4 is 0 Å². The van der Waals surface area contributed by atoms with E-state index in [4.69, 9.17) is 9.47 Å². The lowest BCUT2D eigenvalue weighted by atomic mass is 10.1. The molecule has 0 saturated heterocycles. The van der Waals surface area contributed by atoms with E-state index in [-0.39, 0.29) is 5.76 Å². The maximum Gasteiger partial charge on any atom is 0.374 e. The molecule has 28 heavy (non-hydrogen) atoms. The van der Waals surface area contributed by atoms with Gasteiger partial charge in [-0.1, -0.05) is 19.6 Å². The van der Waals surface area contributed by atoms with E-state index in [0.29, 0.717) is 12.3 Å². The van der Waals surface area contributed by atoms with Crippen LogP contribution in [0.1, 0.15) is 18.1 Å². The van der Waals surface area contributed by atoms with Crippen LogP contribution in [0.25, 0.3) is 17.0 Å².